The third-order valence-electron chi connectivity index (χ3n) is 4.99. The number of likely N-dealkylation sites (tertiary alicyclic amines) is 1. The van der Waals surface area contributed by atoms with Crippen LogP contribution in [0.2, 0.25) is 0 Å². The maximum Gasteiger partial charge on any atom is 0.274 e. The second kappa shape index (κ2) is 7.45. The lowest BCUT2D eigenvalue weighted by atomic mass is 10.0. The van der Waals surface area contributed by atoms with Gasteiger partial charge in [-0.05, 0) is 52.8 Å². The van der Waals surface area contributed by atoms with Crippen molar-refractivity contribution in [3.05, 3.63) is 40.8 Å². The van der Waals surface area contributed by atoms with E-state index in [2.05, 4.69) is 36.1 Å². The van der Waals surface area contributed by atoms with Gasteiger partial charge < -0.3 is 10.2 Å². The van der Waals surface area contributed by atoms with Crippen LogP contribution in [-0.2, 0) is 6.54 Å². The molecule has 1 aliphatic heterocycles. The van der Waals surface area contributed by atoms with E-state index in [4.69, 9.17) is 0 Å². The van der Waals surface area contributed by atoms with Gasteiger partial charge in [0.2, 0.25) is 0 Å². The molecule has 3 rings (SSSR count). The summed E-state index contributed by atoms with van der Waals surface area (Å²) in [4.78, 5) is 15.1. The van der Waals surface area contributed by atoms with Crippen LogP contribution in [0.25, 0.3) is 10.8 Å². The summed E-state index contributed by atoms with van der Waals surface area (Å²) < 4.78 is 1.59. The first-order valence-corrected chi connectivity index (χ1v) is 8.99. The Hall–Kier alpha value is -1.72. The number of benzene rings is 1. The lowest BCUT2D eigenvalue weighted by Gasteiger charge is -2.36. The molecule has 1 atom stereocenters. The van der Waals surface area contributed by atoms with E-state index in [1.54, 1.807) is 10.9 Å². The van der Waals surface area contributed by atoms with Crippen molar-refractivity contribution in [2.75, 3.05) is 13.1 Å². The standard InChI is InChI=1S/C19H28N4O/c1-14(2)22-10-8-17(9-11-22)21-15(3)13-23-19(24)18-7-5-4-6-16(18)12-20-23/h4-7,12,14-15,17,21H,8-11,13H2,1-3H3/t15-/m0/s1. The topological polar surface area (TPSA) is 50.2 Å². The van der Waals surface area contributed by atoms with Crippen molar-refractivity contribution in [3.8, 4) is 0 Å². The number of piperidine rings is 1. The van der Waals surface area contributed by atoms with E-state index in [1.165, 1.54) is 12.8 Å². The van der Waals surface area contributed by atoms with Gasteiger partial charge in [0.15, 0.2) is 0 Å². The number of hydrogen-bond donors (Lipinski definition) is 1. The number of aromatic nitrogens is 2. The zero-order valence-electron chi connectivity index (χ0n) is 14.9. The molecule has 1 N–H and O–H groups in total. The van der Waals surface area contributed by atoms with Gasteiger partial charge in [0.1, 0.15) is 0 Å². The Morgan fingerprint density at radius 2 is 1.92 bits per heavy atom. The number of nitrogens with zero attached hydrogens (tertiary/aromatic N) is 3. The second-order valence-corrected chi connectivity index (χ2v) is 7.19. The highest BCUT2D eigenvalue weighted by Gasteiger charge is 2.22. The summed E-state index contributed by atoms with van der Waals surface area (Å²) in [5.41, 5.74) is -0.00335. The van der Waals surface area contributed by atoms with Crippen molar-refractivity contribution in [2.24, 2.45) is 0 Å². The number of nitrogens with one attached hydrogen (secondary N) is 1. The molecule has 5 heteroatoms. The number of fused-ring (bicyclic) bond motifs is 1. The van der Waals surface area contributed by atoms with Crippen LogP contribution < -0.4 is 10.9 Å². The van der Waals surface area contributed by atoms with Crippen molar-refractivity contribution < 1.29 is 0 Å². The summed E-state index contributed by atoms with van der Waals surface area (Å²) in [6, 6.07) is 9.02. The molecule has 5 nitrogen and oxygen atoms in total. The average molecular weight is 328 g/mol. The summed E-state index contributed by atoms with van der Waals surface area (Å²) in [5.74, 6) is 0. The molecule has 2 aromatic rings. The van der Waals surface area contributed by atoms with E-state index in [1.807, 2.05) is 24.3 Å². The minimum atomic E-state index is -0.00335. The van der Waals surface area contributed by atoms with E-state index in [-0.39, 0.29) is 11.6 Å². The number of rotatable bonds is 5. The molecule has 0 aliphatic carbocycles. The Morgan fingerprint density at radius 3 is 2.62 bits per heavy atom. The molecular formula is C19H28N4O. The van der Waals surface area contributed by atoms with Gasteiger partial charge >= 0.3 is 0 Å². The summed E-state index contributed by atoms with van der Waals surface area (Å²) >= 11 is 0. The lowest BCUT2D eigenvalue weighted by Crippen LogP contribution is -2.48. The van der Waals surface area contributed by atoms with Crippen LogP contribution in [0.4, 0.5) is 0 Å². The first kappa shape index (κ1) is 17.1. The SMILES string of the molecule is CC(C)N1CCC(N[C@@H](C)Cn2ncc3ccccc3c2=O)CC1. The van der Waals surface area contributed by atoms with Gasteiger partial charge in [-0.15, -0.1) is 0 Å². The Kier molecular flexibility index (Phi) is 5.31. The Morgan fingerprint density at radius 1 is 1.21 bits per heavy atom. The second-order valence-electron chi connectivity index (χ2n) is 7.19. The normalized spacial score (nSPS) is 18.3. The highest BCUT2D eigenvalue weighted by Crippen LogP contribution is 2.13. The van der Waals surface area contributed by atoms with Gasteiger partial charge in [-0.3, -0.25) is 4.79 Å². The number of hydrogen-bond acceptors (Lipinski definition) is 4. The minimum absolute atomic E-state index is 0.00335. The molecular weight excluding hydrogens is 300 g/mol. The van der Waals surface area contributed by atoms with Gasteiger partial charge in [-0.1, -0.05) is 18.2 Å². The van der Waals surface area contributed by atoms with E-state index < -0.39 is 0 Å². The highest BCUT2D eigenvalue weighted by molar-refractivity contribution is 5.80. The highest BCUT2D eigenvalue weighted by atomic mass is 16.1. The van der Waals surface area contributed by atoms with Crippen LogP contribution in [0.1, 0.15) is 33.6 Å². The third-order valence-corrected chi connectivity index (χ3v) is 4.99. The third kappa shape index (κ3) is 3.84. The minimum Gasteiger partial charge on any atom is -0.310 e. The first-order chi connectivity index (χ1) is 11.5. The summed E-state index contributed by atoms with van der Waals surface area (Å²) in [6.45, 7) is 9.56. The maximum atomic E-state index is 12.5. The van der Waals surface area contributed by atoms with Crippen LogP contribution in [0.15, 0.2) is 35.3 Å². The predicted octanol–water partition coefficient (Wildman–Crippen LogP) is 2.25. The molecule has 1 saturated heterocycles. The molecule has 0 saturated carbocycles. The molecule has 130 valence electrons. The summed E-state index contributed by atoms with van der Waals surface area (Å²) in [5, 5.41) is 9.65. The molecule has 0 bridgehead atoms. The van der Waals surface area contributed by atoms with Crippen molar-refractivity contribution >= 4 is 10.8 Å². The molecule has 0 radical (unpaired) electrons. The smallest absolute Gasteiger partial charge is 0.274 e. The van der Waals surface area contributed by atoms with Crippen LogP contribution in [0, 0.1) is 0 Å². The van der Waals surface area contributed by atoms with E-state index >= 15 is 0 Å². The Bertz CT molecular complexity index is 731. The summed E-state index contributed by atoms with van der Waals surface area (Å²) in [7, 11) is 0. The van der Waals surface area contributed by atoms with Crippen molar-refractivity contribution in [1.29, 1.82) is 0 Å². The fourth-order valence-electron chi connectivity index (χ4n) is 3.55. The van der Waals surface area contributed by atoms with Crippen LogP contribution in [0.3, 0.4) is 0 Å². The van der Waals surface area contributed by atoms with Crippen LogP contribution >= 0.6 is 0 Å². The molecule has 24 heavy (non-hydrogen) atoms. The van der Waals surface area contributed by atoms with E-state index in [0.717, 1.165) is 23.9 Å². The van der Waals surface area contributed by atoms with Crippen molar-refractivity contribution in [1.82, 2.24) is 20.0 Å². The molecule has 0 spiro atoms. The molecule has 0 amide bonds. The van der Waals surface area contributed by atoms with Crippen LogP contribution in [-0.4, -0.2) is 45.9 Å². The predicted molar refractivity (Wildman–Crippen MR) is 98.3 cm³/mol. The molecule has 1 aromatic heterocycles. The fourth-order valence-corrected chi connectivity index (χ4v) is 3.55. The quantitative estimate of drug-likeness (QED) is 0.914. The van der Waals surface area contributed by atoms with Gasteiger partial charge in [-0.25, -0.2) is 4.68 Å². The molecule has 0 unspecified atom stereocenters. The van der Waals surface area contributed by atoms with Gasteiger partial charge in [0.25, 0.3) is 5.56 Å². The molecule has 1 fully saturated rings. The molecule has 1 aromatic carbocycles. The monoisotopic (exact) mass is 328 g/mol. The van der Waals surface area contributed by atoms with Gasteiger partial charge in [0, 0.05) is 23.5 Å². The molecule has 1 aliphatic rings. The lowest BCUT2D eigenvalue weighted by molar-refractivity contribution is 0.155. The van der Waals surface area contributed by atoms with Crippen molar-refractivity contribution in [3.63, 3.8) is 0 Å². The maximum absolute atomic E-state index is 12.5. The largest absolute Gasteiger partial charge is 0.310 e. The van der Waals surface area contributed by atoms with Crippen LogP contribution in [0.5, 0.6) is 0 Å². The van der Waals surface area contributed by atoms with E-state index in [0.29, 0.717) is 18.6 Å². The first-order valence-electron chi connectivity index (χ1n) is 8.99. The zero-order chi connectivity index (χ0) is 17.1. The van der Waals surface area contributed by atoms with Gasteiger partial charge in [0.05, 0.1) is 18.1 Å². The molecule has 2 heterocycles. The van der Waals surface area contributed by atoms with E-state index in [9.17, 15) is 4.79 Å². The van der Waals surface area contributed by atoms with Gasteiger partial charge in [-0.2, -0.15) is 5.10 Å². The zero-order valence-corrected chi connectivity index (χ0v) is 14.9. The Labute approximate surface area is 143 Å². The Balaban J connectivity index is 1.60. The van der Waals surface area contributed by atoms with Crippen molar-refractivity contribution in [2.45, 2.75) is 58.3 Å². The fraction of sp³-hybridized carbons (Fsp3) is 0.579. The summed E-state index contributed by atoms with van der Waals surface area (Å²) in [6.07, 6.45) is 4.12. The average Bonchev–Trinajstić information content (AvgIpc) is 2.58.